The van der Waals surface area contributed by atoms with Crippen molar-refractivity contribution in [2.45, 2.75) is 20.0 Å². The Hall–Kier alpha value is -3.28. The third-order valence-electron chi connectivity index (χ3n) is 4.97. The van der Waals surface area contributed by atoms with Crippen LogP contribution in [0.25, 0.3) is 11.0 Å². The van der Waals surface area contributed by atoms with E-state index in [0.717, 1.165) is 5.56 Å². The van der Waals surface area contributed by atoms with Crippen molar-refractivity contribution in [3.63, 3.8) is 0 Å². The van der Waals surface area contributed by atoms with Crippen LogP contribution in [0.2, 0.25) is 10.0 Å². The topological polar surface area (TPSA) is 68.5 Å². The molecule has 162 valence electrons. The molecule has 5 nitrogen and oxygen atoms in total. The molecule has 32 heavy (non-hydrogen) atoms. The number of benzene rings is 3. The third kappa shape index (κ3) is 4.49. The number of nitrogens with one attached hydrogen (secondary N) is 1. The third-order valence-corrected chi connectivity index (χ3v) is 5.64. The van der Waals surface area contributed by atoms with E-state index in [-0.39, 0.29) is 11.5 Å². The Kier molecular flexibility index (Phi) is 6.21. The second kappa shape index (κ2) is 9.07. The second-order valence-corrected chi connectivity index (χ2v) is 8.14. The normalized spacial score (nSPS) is 11.9. The summed E-state index contributed by atoms with van der Waals surface area (Å²) in [6.07, 6.45) is -0.831. The molecule has 0 spiro atoms. The Labute approximate surface area is 194 Å². The molecule has 0 aliphatic carbocycles. The van der Waals surface area contributed by atoms with E-state index < -0.39 is 12.0 Å². The van der Waals surface area contributed by atoms with E-state index in [9.17, 15) is 9.59 Å². The largest absolute Gasteiger partial charge is 0.481 e. The standard InChI is InChI=1S/C25H19Cl2NO4/c1-14-13-18(11-12-20(14)27)31-15(2)25(30)28-22-19-5-3-4-6-21(19)32-24(22)23(29)16-7-9-17(26)10-8-16/h3-13,15H,1-2H3,(H,28,30). The molecule has 1 heterocycles. The van der Waals surface area contributed by atoms with Gasteiger partial charge in [-0.05, 0) is 74.0 Å². The lowest BCUT2D eigenvalue weighted by atomic mass is 10.1. The summed E-state index contributed by atoms with van der Waals surface area (Å²) in [5.74, 6) is -0.232. The monoisotopic (exact) mass is 467 g/mol. The van der Waals surface area contributed by atoms with Crippen molar-refractivity contribution in [2.24, 2.45) is 0 Å². The molecule has 1 amide bonds. The number of amides is 1. The highest BCUT2D eigenvalue weighted by Crippen LogP contribution is 2.33. The van der Waals surface area contributed by atoms with Gasteiger partial charge in [0.1, 0.15) is 11.3 Å². The van der Waals surface area contributed by atoms with E-state index in [1.807, 2.05) is 6.92 Å². The first-order valence-corrected chi connectivity index (χ1v) is 10.6. The highest BCUT2D eigenvalue weighted by atomic mass is 35.5. The van der Waals surface area contributed by atoms with Gasteiger partial charge in [0.05, 0.1) is 5.69 Å². The van der Waals surface area contributed by atoms with Crippen molar-refractivity contribution in [3.05, 3.63) is 93.7 Å². The number of aryl methyl sites for hydroxylation is 1. The van der Waals surface area contributed by atoms with E-state index in [0.29, 0.717) is 38.0 Å². The lowest BCUT2D eigenvalue weighted by molar-refractivity contribution is -0.122. The van der Waals surface area contributed by atoms with Crippen LogP contribution in [0, 0.1) is 6.92 Å². The average molecular weight is 468 g/mol. The number of halogens is 2. The molecule has 0 aliphatic heterocycles. The summed E-state index contributed by atoms with van der Waals surface area (Å²) in [7, 11) is 0. The summed E-state index contributed by atoms with van der Waals surface area (Å²) in [6, 6.07) is 18.7. The molecule has 3 aromatic carbocycles. The fraction of sp³-hybridized carbons (Fsp3) is 0.120. The first kappa shape index (κ1) is 21.9. The summed E-state index contributed by atoms with van der Waals surface area (Å²) in [5.41, 5.74) is 2.02. The molecule has 0 aliphatic rings. The van der Waals surface area contributed by atoms with Gasteiger partial charge >= 0.3 is 0 Å². The quantitative estimate of drug-likeness (QED) is 0.321. The van der Waals surface area contributed by atoms with Crippen LogP contribution in [0.5, 0.6) is 5.75 Å². The van der Waals surface area contributed by atoms with Crippen LogP contribution in [-0.2, 0) is 4.79 Å². The van der Waals surface area contributed by atoms with Gasteiger partial charge in [-0.15, -0.1) is 0 Å². The van der Waals surface area contributed by atoms with E-state index in [1.165, 1.54) is 0 Å². The fourth-order valence-corrected chi connectivity index (χ4v) is 3.48. The van der Waals surface area contributed by atoms with Crippen LogP contribution in [-0.4, -0.2) is 17.8 Å². The SMILES string of the molecule is Cc1cc(OC(C)C(=O)Nc2c(C(=O)c3ccc(Cl)cc3)oc3ccccc23)ccc1Cl. The molecule has 0 radical (unpaired) electrons. The number of furan rings is 1. The molecule has 1 unspecified atom stereocenters. The highest BCUT2D eigenvalue weighted by Gasteiger charge is 2.25. The smallest absolute Gasteiger partial charge is 0.265 e. The van der Waals surface area contributed by atoms with Gasteiger partial charge < -0.3 is 14.5 Å². The zero-order chi connectivity index (χ0) is 22.8. The van der Waals surface area contributed by atoms with Gasteiger partial charge in [-0.25, -0.2) is 0 Å². The number of fused-ring (bicyclic) bond motifs is 1. The van der Waals surface area contributed by atoms with Gasteiger partial charge in [-0.3, -0.25) is 9.59 Å². The van der Waals surface area contributed by atoms with Gasteiger partial charge in [0, 0.05) is 21.0 Å². The number of ether oxygens (including phenoxy) is 1. The van der Waals surface area contributed by atoms with Crippen molar-refractivity contribution in [2.75, 3.05) is 5.32 Å². The van der Waals surface area contributed by atoms with E-state index in [1.54, 1.807) is 73.7 Å². The van der Waals surface area contributed by atoms with Crippen molar-refractivity contribution in [1.82, 2.24) is 0 Å². The molecule has 1 atom stereocenters. The lowest BCUT2D eigenvalue weighted by Crippen LogP contribution is -2.30. The summed E-state index contributed by atoms with van der Waals surface area (Å²) >= 11 is 12.0. The van der Waals surface area contributed by atoms with Gasteiger partial charge in [-0.1, -0.05) is 35.3 Å². The number of hydrogen-bond donors (Lipinski definition) is 1. The van der Waals surface area contributed by atoms with E-state index >= 15 is 0 Å². The highest BCUT2D eigenvalue weighted by molar-refractivity contribution is 6.31. The van der Waals surface area contributed by atoms with Crippen LogP contribution in [0.15, 0.2) is 71.1 Å². The first-order chi connectivity index (χ1) is 15.3. The Morgan fingerprint density at radius 1 is 1.00 bits per heavy atom. The van der Waals surface area contributed by atoms with Gasteiger partial charge in [0.2, 0.25) is 5.78 Å². The minimum atomic E-state index is -0.831. The van der Waals surface area contributed by atoms with E-state index in [2.05, 4.69) is 5.32 Å². The summed E-state index contributed by atoms with van der Waals surface area (Å²) < 4.78 is 11.6. The number of rotatable bonds is 6. The number of carbonyl (C=O) groups is 2. The molecule has 1 aromatic heterocycles. The second-order valence-electron chi connectivity index (χ2n) is 7.30. The van der Waals surface area contributed by atoms with Crippen molar-refractivity contribution >= 4 is 51.5 Å². The number of hydrogen-bond acceptors (Lipinski definition) is 4. The molecule has 1 N–H and O–H groups in total. The molecule has 0 saturated heterocycles. The molecule has 7 heteroatoms. The number of para-hydroxylation sites is 1. The van der Waals surface area contributed by atoms with E-state index in [4.69, 9.17) is 32.4 Å². The molecule has 0 bridgehead atoms. The summed E-state index contributed by atoms with van der Waals surface area (Å²) in [4.78, 5) is 26.1. The van der Waals surface area contributed by atoms with Crippen LogP contribution in [0.4, 0.5) is 5.69 Å². The summed E-state index contributed by atoms with van der Waals surface area (Å²) in [6.45, 7) is 3.48. The van der Waals surface area contributed by atoms with Gasteiger partial charge in [0.25, 0.3) is 5.91 Å². The Morgan fingerprint density at radius 3 is 2.44 bits per heavy atom. The van der Waals surface area contributed by atoms with Gasteiger partial charge in [0.15, 0.2) is 11.9 Å². The minimum Gasteiger partial charge on any atom is -0.481 e. The Balaban J connectivity index is 1.63. The lowest BCUT2D eigenvalue weighted by Gasteiger charge is -2.15. The predicted octanol–water partition coefficient (Wildman–Crippen LogP) is 6.69. The molecular formula is C25H19Cl2NO4. The van der Waals surface area contributed by atoms with Crippen LogP contribution < -0.4 is 10.1 Å². The van der Waals surface area contributed by atoms with Crippen molar-refractivity contribution < 1.29 is 18.7 Å². The number of ketones is 1. The zero-order valence-corrected chi connectivity index (χ0v) is 18.8. The molecule has 4 aromatic rings. The van der Waals surface area contributed by atoms with Crippen LogP contribution in [0.1, 0.15) is 28.6 Å². The Bertz CT molecular complexity index is 1310. The fourth-order valence-electron chi connectivity index (χ4n) is 3.23. The Morgan fingerprint density at radius 2 is 1.72 bits per heavy atom. The maximum atomic E-state index is 13.1. The average Bonchev–Trinajstić information content (AvgIpc) is 3.14. The van der Waals surface area contributed by atoms with Crippen LogP contribution in [0.3, 0.4) is 0 Å². The van der Waals surface area contributed by atoms with Crippen molar-refractivity contribution in [3.8, 4) is 5.75 Å². The molecular weight excluding hydrogens is 449 g/mol. The maximum Gasteiger partial charge on any atom is 0.265 e. The number of anilines is 1. The maximum absolute atomic E-state index is 13.1. The molecule has 0 saturated carbocycles. The molecule has 4 rings (SSSR count). The zero-order valence-electron chi connectivity index (χ0n) is 17.3. The van der Waals surface area contributed by atoms with Crippen molar-refractivity contribution in [1.29, 1.82) is 0 Å². The van der Waals surface area contributed by atoms with Crippen LogP contribution >= 0.6 is 23.2 Å². The van der Waals surface area contributed by atoms with Gasteiger partial charge in [-0.2, -0.15) is 0 Å². The summed E-state index contributed by atoms with van der Waals surface area (Å²) in [5, 5.41) is 4.56. The first-order valence-electron chi connectivity index (χ1n) is 9.89. The number of carbonyl (C=O) groups excluding carboxylic acids is 2. The minimum absolute atomic E-state index is 0.0383. The molecule has 0 fully saturated rings. The predicted molar refractivity (Wildman–Crippen MR) is 126 cm³/mol.